The van der Waals surface area contributed by atoms with Crippen LogP contribution < -0.4 is 5.32 Å². The molecule has 0 spiro atoms. The van der Waals surface area contributed by atoms with Crippen LogP contribution in [0.3, 0.4) is 0 Å². The molecule has 1 heterocycles. The highest BCUT2D eigenvalue weighted by Crippen LogP contribution is 2.36. The first kappa shape index (κ1) is 22.0. The largest absolute Gasteiger partial charge is 0.471 e. The van der Waals surface area contributed by atoms with Crippen molar-refractivity contribution in [1.29, 1.82) is 0 Å². The van der Waals surface area contributed by atoms with Gasteiger partial charge in [0.05, 0.1) is 11.7 Å². The molecule has 3 rings (SSSR count). The van der Waals surface area contributed by atoms with Gasteiger partial charge < -0.3 is 10.1 Å². The number of likely N-dealkylation sites (tertiary alicyclic amines) is 1. The first-order valence-corrected chi connectivity index (χ1v) is 9.97. The van der Waals surface area contributed by atoms with Crippen molar-refractivity contribution in [3.8, 4) is 0 Å². The summed E-state index contributed by atoms with van der Waals surface area (Å²) in [6.45, 7) is 7.04. The number of amides is 1. The second kappa shape index (κ2) is 8.22. The van der Waals surface area contributed by atoms with E-state index in [-0.39, 0.29) is 23.7 Å². The molecule has 1 aliphatic carbocycles. The summed E-state index contributed by atoms with van der Waals surface area (Å²) in [4.78, 5) is 13.7. The minimum absolute atomic E-state index is 0.151. The Morgan fingerprint density at radius 2 is 1.76 bits per heavy atom. The van der Waals surface area contributed by atoms with Crippen molar-refractivity contribution in [2.45, 2.75) is 75.9 Å². The monoisotopic (exact) mass is 416 g/mol. The zero-order chi connectivity index (χ0) is 21.4. The molecule has 0 aromatic heterocycles. The van der Waals surface area contributed by atoms with Gasteiger partial charge in [0.15, 0.2) is 0 Å². The van der Waals surface area contributed by atoms with Crippen molar-refractivity contribution in [2.24, 2.45) is 0 Å². The van der Waals surface area contributed by atoms with Crippen LogP contribution >= 0.6 is 0 Å². The number of alkyl halides is 3. The number of halogens is 4. The molecule has 1 aromatic rings. The van der Waals surface area contributed by atoms with E-state index < -0.39 is 23.9 Å². The van der Waals surface area contributed by atoms with Crippen LogP contribution in [-0.4, -0.2) is 53.9 Å². The summed E-state index contributed by atoms with van der Waals surface area (Å²) < 4.78 is 57.7. The van der Waals surface area contributed by atoms with Gasteiger partial charge in [-0.15, -0.1) is 0 Å². The molecule has 1 saturated heterocycles. The van der Waals surface area contributed by atoms with Gasteiger partial charge in [0.2, 0.25) is 0 Å². The number of nitrogens with one attached hydrogen (secondary N) is 1. The van der Waals surface area contributed by atoms with E-state index in [0.717, 1.165) is 18.4 Å². The van der Waals surface area contributed by atoms with Gasteiger partial charge in [-0.1, -0.05) is 12.1 Å². The molecule has 0 unspecified atom stereocenters. The number of benzene rings is 1. The number of carbonyl (C=O) groups is 1. The lowest BCUT2D eigenvalue weighted by Crippen LogP contribution is -2.59. The van der Waals surface area contributed by atoms with E-state index in [0.29, 0.717) is 19.5 Å². The Morgan fingerprint density at radius 1 is 1.14 bits per heavy atom. The van der Waals surface area contributed by atoms with Crippen molar-refractivity contribution in [1.82, 2.24) is 10.2 Å². The van der Waals surface area contributed by atoms with Crippen molar-refractivity contribution in [3.05, 3.63) is 35.6 Å². The number of piperidine rings is 1. The Hall–Kier alpha value is -1.67. The van der Waals surface area contributed by atoms with Gasteiger partial charge in [0.1, 0.15) is 5.82 Å². The number of hydrogen-bond donors (Lipinski definition) is 1. The summed E-state index contributed by atoms with van der Waals surface area (Å²) >= 11 is 0. The van der Waals surface area contributed by atoms with E-state index in [4.69, 9.17) is 4.74 Å². The molecule has 2 fully saturated rings. The van der Waals surface area contributed by atoms with E-state index in [9.17, 15) is 22.4 Å². The molecule has 0 bridgehead atoms. The van der Waals surface area contributed by atoms with Gasteiger partial charge in [-0.05, 0) is 64.3 Å². The highest BCUT2D eigenvalue weighted by atomic mass is 19.4. The first-order chi connectivity index (χ1) is 13.4. The Labute approximate surface area is 168 Å². The Balaban J connectivity index is 1.68. The number of nitrogens with zero attached hydrogens (tertiary/aromatic N) is 1. The Bertz CT molecular complexity index is 709. The van der Waals surface area contributed by atoms with Crippen LogP contribution in [0.5, 0.6) is 0 Å². The average molecular weight is 416 g/mol. The molecule has 2 atom stereocenters. The molecule has 1 N–H and O–H groups in total. The van der Waals surface area contributed by atoms with Gasteiger partial charge >= 0.3 is 12.1 Å². The Morgan fingerprint density at radius 3 is 2.31 bits per heavy atom. The predicted molar refractivity (Wildman–Crippen MR) is 101 cm³/mol. The van der Waals surface area contributed by atoms with Gasteiger partial charge in [0.25, 0.3) is 0 Å². The van der Waals surface area contributed by atoms with Crippen LogP contribution in [0.25, 0.3) is 0 Å². The Kier molecular flexibility index (Phi) is 6.24. The normalized spacial score (nSPS) is 28.7. The predicted octanol–water partition coefficient (Wildman–Crippen LogP) is 4.01. The van der Waals surface area contributed by atoms with E-state index in [1.165, 1.54) is 12.1 Å². The summed E-state index contributed by atoms with van der Waals surface area (Å²) in [5, 5.41) is 2.17. The van der Waals surface area contributed by atoms with E-state index >= 15 is 0 Å². The van der Waals surface area contributed by atoms with Crippen molar-refractivity contribution in [2.75, 3.05) is 13.1 Å². The lowest BCUT2D eigenvalue weighted by Gasteiger charge is -2.49. The molecular weight excluding hydrogens is 388 g/mol. The zero-order valence-electron chi connectivity index (χ0n) is 16.9. The topological polar surface area (TPSA) is 41.6 Å². The minimum Gasteiger partial charge on any atom is -0.373 e. The zero-order valence-corrected chi connectivity index (χ0v) is 16.9. The SMILES string of the molecule is CC(C)(C)OC1CC(N2CC[C@@H](c3ccc(F)cc3)[C@@H](NC(=O)C(F)(F)F)C2)C1. The number of hydrogen-bond acceptors (Lipinski definition) is 3. The van der Waals surface area contributed by atoms with Crippen LogP contribution in [0.15, 0.2) is 24.3 Å². The maximum atomic E-state index is 13.3. The molecule has 1 aliphatic heterocycles. The highest BCUT2D eigenvalue weighted by Gasteiger charge is 2.44. The quantitative estimate of drug-likeness (QED) is 0.755. The molecule has 0 radical (unpaired) electrons. The van der Waals surface area contributed by atoms with Gasteiger partial charge in [-0.25, -0.2) is 4.39 Å². The smallest absolute Gasteiger partial charge is 0.373 e. The second-order valence-corrected chi connectivity index (χ2v) is 9.00. The molecule has 1 amide bonds. The standard InChI is InChI=1S/C21H28F4N2O2/c1-20(2,3)29-16-10-15(11-16)27-9-8-17(13-4-6-14(22)7-5-13)18(12-27)26-19(28)21(23,24)25/h4-7,15-18H,8-12H2,1-3H3,(H,26,28)/t15?,16?,17-,18-/m0/s1. The molecule has 4 nitrogen and oxygen atoms in total. The third kappa shape index (κ3) is 5.69. The van der Waals surface area contributed by atoms with Crippen LogP contribution in [0.2, 0.25) is 0 Å². The maximum Gasteiger partial charge on any atom is 0.471 e. The van der Waals surface area contributed by atoms with Crippen LogP contribution in [0.4, 0.5) is 17.6 Å². The molecular formula is C21H28F4N2O2. The molecule has 2 aliphatic rings. The molecule has 29 heavy (non-hydrogen) atoms. The van der Waals surface area contributed by atoms with Crippen molar-refractivity contribution < 1.29 is 27.1 Å². The first-order valence-electron chi connectivity index (χ1n) is 9.97. The lowest BCUT2D eigenvalue weighted by molar-refractivity contribution is -0.175. The fourth-order valence-electron chi connectivity index (χ4n) is 4.25. The molecule has 162 valence electrons. The minimum atomic E-state index is -4.93. The number of ether oxygens (including phenoxy) is 1. The van der Waals surface area contributed by atoms with Crippen LogP contribution in [-0.2, 0) is 9.53 Å². The average Bonchev–Trinajstić information content (AvgIpc) is 2.57. The summed E-state index contributed by atoms with van der Waals surface area (Å²) in [5.74, 6) is -2.62. The fourth-order valence-corrected chi connectivity index (χ4v) is 4.25. The lowest BCUT2D eigenvalue weighted by atomic mass is 9.81. The van der Waals surface area contributed by atoms with E-state index in [1.54, 1.807) is 12.1 Å². The highest BCUT2D eigenvalue weighted by molar-refractivity contribution is 5.82. The molecule has 1 saturated carbocycles. The molecule has 8 heteroatoms. The van der Waals surface area contributed by atoms with Gasteiger partial charge in [0, 0.05) is 24.5 Å². The fraction of sp³-hybridized carbons (Fsp3) is 0.667. The summed E-state index contributed by atoms with van der Waals surface area (Å²) in [6, 6.07) is 5.31. The van der Waals surface area contributed by atoms with Crippen molar-refractivity contribution >= 4 is 5.91 Å². The number of rotatable bonds is 4. The van der Waals surface area contributed by atoms with Crippen LogP contribution in [0, 0.1) is 5.82 Å². The third-order valence-electron chi connectivity index (χ3n) is 5.62. The van der Waals surface area contributed by atoms with Gasteiger partial charge in [-0.3, -0.25) is 9.69 Å². The van der Waals surface area contributed by atoms with E-state index in [2.05, 4.69) is 10.2 Å². The van der Waals surface area contributed by atoms with Crippen molar-refractivity contribution in [3.63, 3.8) is 0 Å². The third-order valence-corrected chi connectivity index (χ3v) is 5.62. The maximum absolute atomic E-state index is 13.3. The van der Waals surface area contributed by atoms with E-state index in [1.807, 2.05) is 20.8 Å². The van der Waals surface area contributed by atoms with Crippen LogP contribution in [0.1, 0.15) is 51.5 Å². The summed E-state index contributed by atoms with van der Waals surface area (Å²) in [7, 11) is 0. The summed E-state index contributed by atoms with van der Waals surface area (Å²) in [5.41, 5.74) is 0.509. The molecule has 1 aromatic carbocycles. The second-order valence-electron chi connectivity index (χ2n) is 9.00. The van der Waals surface area contributed by atoms with Gasteiger partial charge in [-0.2, -0.15) is 13.2 Å². The summed E-state index contributed by atoms with van der Waals surface area (Å²) in [6.07, 6.45) is -2.53. The number of carbonyl (C=O) groups excluding carboxylic acids is 1.